The molecule has 100 valence electrons. The zero-order chi connectivity index (χ0) is 12.1. The molecule has 0 radical (unpaired) electrons. The largest absolute Gasteiger partial charge is 0.313 e. The lowest BCUT2D eigenvalue weighted by Gasteiger charge is -2.19. The first-order valence-electron chi connectivity index (χ1n) is 7.53. The maximum absolute atomic E-state index is 3.73. The van der Waals surface area contributed by atoms with Gasteiger partial charge >= 0.3 is 0 Å². The molecule has 2 fully saturated rings. The summed E-state index contributed by atoms with van der Waals surface area (Å²) >= 11 is 0. The van der Waals surface area contributed by atoms with E-state index in [4.69, 9.17) is 0 Å². The van der Waals surface area contributed by atoms with Crippen molar-refractivity contribution in [2.45, 2.75) is 51.6 Å². The Hall–Kier alpha value is -0.120. The molecule has 3 nitrogen and oxygen atoms in total. The van der Waals surface area contributed by atoms with Crippen LogP contribution in [-0.4, -0.2) is 61.2 Å². The maximum atomic E-state index is 3.73. The van der Waals surface area contributed by atoms with Gasteiger partial charge in [-0.3, -0.25) is 4.90 Å². The van der Waals surface area contributed by atoms with Crippen molar-refractivity contribution in [3.8, 4) is 0 Å². The summed E-state index contributed by atoms with van der Waals surface area (Å²) in [5.41, 5.74) is 0. The molecule has 0 bridgehead atoms. The average molecular weight is 239 g/mol. The molecule has 0 spiro atoms. The van der Waals surface area contributed by atoms with Gasteiger partial charge in [0.25, 0.3) is 0 Å². The maximum Gasteiger partial charge on any atom is 0.0207 e. The Morgan fingerprint density at radius 2 is 1.94 bits per heavy atom. The second-order valence-corrected chi connectivity index (χ2v) is 5.55. The van der Waals surface area contributed by atoms with E-state index < -0.39 is 0 Å². The molecule has 17 heavy (non-hydrogen) atoms. The van der Waals surface area contributed by atoms with Gasteiger partial charge in [-0.25, -0.2) is 0 Å². The van der Waals surface area contributed by atoms with Crippen LogP contribution in [0.25, 0.3) is 0 Å². The number of likely N-dealkylation sites (tertiary alicyclic amines) is 1. The minimum absolute atomic E-state index is 0.771. The Labute approximate surface area is 107 Å². The quantitative estimate of drug-likeness (QED) is 0.648. The van der Waals surface area contributed by atoms with Crippen molar-refractivity contribution in [2.75, 3.05) is 39.3 Å². The van der Waals surface area contributed by atoms with Crippen LogP contribution in [0.1, 0.15) is 39.5 Å². The summed E-state index contributed by atoms with van der Waals surface area (Å²) in [7, 11) is 0. The minimum Gasteiger partial charge on any atom is -0.313 e. The van der Waals surface area contributed by atoms with Crippen molar-refractivity contribution >= 4 is 0 Å². The average Bonchev–Trinajstić information content (AvgIpc) is 3.10. The molecule has 0 aromatic heterocycles. The molecular formula is C14H29N3. The van der Waals surface area contributed by atoms with Crippen molar-refractivity contribution in [1.82, 2.24) is 15.1 Å². The third-order valence-corrected chi connectivity index (χ3v) is 4.26. The molecule has 1 atom stereocenters. The summed E-state index contributed by atoms with van der Waals surface area (Å²) in [6, 6.07) is 1.73. The number of rotatable bonds is 8. The topological polar surface area (TPSA) is 18.5 Å². The molecule has 0 amide bonds. The van der Waals surface area contributed by atoms with Gasteiger partial charge in [-0.15, -0.1) is 0 Å². The summed E-state index contributed by atoms with van der Waals surface area (Å²) in [6.45, 7) is 12.0. The molecular weight excluding hydrogens is 210 g/mol. The molecule has 2 rings (SSSR count). The van der Waals surface area contributed by atoms with Gasteiger partial charge < -0.3 is 10.2 Å². The molecule has 1 aliphatic carbocycles. The summed E-state index contributed by atoms with van der Waals surface area (Å²) < 4.78 is 0. The predicted molar refractivity (Wildman–Crippen MR) is 73.4 cm³/mol. The van der Waals surface area contributed by atoms with E-state index in [2.05, 4.69) is 29.0 Å². The summed E-state index contributed by atoms with van der Waals surface area (Å²) in [4.78, 5) is 5.19. The van der Waals surface area contributed by atoms with E-state index in [0.29, 0.717) is 0 Å². The highest BCUT2D eigenvalue weighted by atomic mass is 15.2. The standard InChI is InChI=1S/C14H29N3/c1-3-16(4-2)10-5-9-15-13-8-11-17(12-13)14-6-7-14/h13-15H,3-12H2,1-2H3. The fourth-order valence-electron chi connectivity index (χ4n) is 2.87. The molecule has 3 heteroatoms. The summed E-state index contributed by atoms with van der Waals surface area (Å²) in [6.07, 6.45) is 5.56. The van der Waals surface area contributed by atoms with Crippen LogP contribution >= 0.6 is 0 Å². The highest BCUT2D eigenvalue weighted by Gasteiger charge is 2.33. The van der Waals surface area contributed by atoms with Crippen LogP contribution in [0.4, 0.5) is 0 Å². The molecule has 1 unspecified atom stereocenters. The second kappa shape index (κ2) is 6.72. The third kappa shape index (κ3) is 4.23. The molecule has 1 saturated heterocycles. The predicted octanol–water partition coefficient (Wildman–Crippen LogP) is 1.54. The molecule has 0 aromatic carbocycles. The Bertz CT molecular complexity index is 212. The van der Waals surface area contributed by atoms with Gasteiger partial charge in [0.1, 0.15) is 0 Å². The van der Waals surface area contributed by atoms with E-state index in [0.717, 1.165) is 12.1 Å². The third-order valence-electron chi connectivity index (χ3n) is 4.26. The summed E-state index contributed by atoms with van der Waals surface area (Å²) in [5, 5.41) is 3.73. The lowest BCUT2D eigenvalue weighted by atomic mass is 10.2. The zero-order valence-electron chi connectivity index (χ0n) is 11.6. The monoisotopic (exact) mass is 239 g/mol. The van der Waals surface area contributed by atoms with Crippen LogP contribution in [0, 0.1) is 0 Å². The minimum atomic E-state index is 0.771. The van der Waals surface area contributed by atoms with Crippen LogP contribution < -0.4 is 5.32 Å². The first-order chi connectivity index (χ1) is 8.33. The van der Waals surface area contributed by atoms with E-state index in [9.17, 15) is 0 Å². The summed E-state index contributed by atoms with van der Waals surface area (Å²) in [5.74, 6) is 0. The van der Waals surface area contributed by atoms with Crippen LogP contribution in [0.5, 0.6) is 0 Å². The van der Waals surface area contributed by atoms with E-state index in [1.165, 1.54) is 65.0 Å². The van der Waals surface area contributed by atoms with Crippen molar-refractivity contribution in [3.63, 3.8) is 0 Å². The van der Waals surface area contributed by atoms with E-state index in [1.807, 2.05) is 0 Å². The zero-order valence-corrected chi connectivity index (χ0v) is 11.6. The smallest absolute Gasteiger partial charge is 0.0207 e. The van der Waals surface area contributed by atoms with Crippen LogP contribution in [0.3, 0.4) is 0 Å². The number of nitrogens with one attached hydrogen (secondary N) is 1. The SMILES string of the molecule is CCN(CC)CCCNC1CCN(C2CC2)C1. The van der Waals surface area contributed by atoms with Gasteiger partial charge in [0.05, 0.1) is 0 Å². The number of hydrogen-bond acceptors (Lipinski definition) is 3. The Balaban J connectivity index is 1.50. The highest BCUT2D eigenvalue weighted by Crippen LogP contribution is 2.29. The van der Waals surface area contributed by atoms with Gasteiger partial charge in [-0.05, 0) is 51.9 Å². The van der Waals surface area contributed by atoms with Crippen LogP contribution in [0.2, 0.25) is 0 Å². The fraction of sp³-hybridized carbons (Fsp3) is 1.00. The first kappa shape index (κ1) is 13.3. The van der Waals surface area contributed by atoms with Crippen molar-refractivity contribution in [1.29, 1.82) is 0 Å². The van der Waals surface area contributed by atoms with E-state index in [1.54, 1.807) is 0 Å². The number of nitrogens with zero attached hydrogens (tertiary/aromatic N) is 2. The second-order valence-electron chi connectivity index (χ2n) is 5.55. The molecule has 1 aliphatic heterocycles. The molecule has 1 N–H and O–H groups in total. The molecule has 1 heterocycles. The van der Waals surface area contributed by atoms with Gasteiger partial charge in [0.2, 0.25) is 0 Å². The Kier molecular flexibility index (Phi) is 5.26. The Morgan fingerprint density at radius 1 is 1.18 bits per heavy atom. The van der Waals surface area contributed by atoms with Gasteiger partial charge in [-0.1, -0.05) is 13.8 Å². The normalized spacial score (nSPS) is 25.9. The molecule has 2 aliphatic rings. The fourth-order valence-corrected chi connectivity index (χ4v) is 2.87. The van der Waals surface area contributed by atoms with Crippen molar-refractivity contribution < 1.29 is 0 Å². The van der Waals surface area contributed by atoms with Crippen molar-refractivity contribution in [3.05, 3.63) is 0 Å². The van der Waals surface area contributed by atoms with Crippen LogP contribution in [0.15, 0.2) is 0 Å². The van der Waals surface area contributed by atoms with Gasteiger partial charge in [0.15, 0.2) is 0 Å². The van der Waals surface area contributed by atoms with E-state index in [-0.39, 0.29) is 0 Å². The van der Waals surface area contributed by atoms with Crippen LogP contribution in [-0.2, 0) is 0 Å². The number of hydrogen-bond donors (Lipinski definition) is 1. The first-order valence-corrected chi connectivity index (χ1v) is 7.53. The molecule has 0 aromatic rings. The van der Waals surface area contributed by atoms with E-state index >= 15 is 0 Å². The molecule has 1 saturated carbocycles. The lowest BCUT2D eigenvalue weighted by molar-refractivity contribution is 0.292. The van der Waals surface area contributed by atoms with Gasteiger partial charge in [-0.2, -0.15) is 0 Å². The lowest BCUT2D eigenvalue weighted by Crippen LogP contribution is -2.35. The highest BCUT2D eigenvalue weighted by molar-refractivity contribution is 4.91. The Morgan fingerprint density at radius 3 is 2.59 bits per heavy atom. The van der Waals surface area contributed by atoms with Crippen molar-refractivity contribution in [2.24, 2.45) is 0 Å². The van der Waals surface area contributed by atoms with Gasteiger partial charge in [0, 0.05) is 25.2 Å².